The quantitative estimate of drug-likeness (QED) is 0.0432. The summed E-state index contributed by atoms with van der Waals surface area (Å²) in [7, 11) is 0. The molecule has 21 heteroatoms. The number of esters is 3. The number of Topliss-reactive ketones (excluding diaryl/α,β-unsaturated/α-hetero) is 2. The number of aryl methyl sites for hydroxylation is 2. The second-order valence-corrected chi connectivity index (χ2v) is 14.9. The van der Waals surface area contributed by atoms with E-state index in [0.717, 1.165) is 21.4 Å². The monoisotopic (exact) mass is 1060 g/mol. The second kappa shape index (κ2) is 25.6. The molecule has 0 saturated heterocycles. The molecule has 0 unspecified atom stereocenters. The SMILES string of the molecule is CCOC(=O)C(=O)CC(C)=O.CCOC(=O)c1cc(C)n(-c2ccnc(Cl)c2Br)n1.CCOC(=O)c1cc(C)nn1-c1cccc(Cl)c1Br.NCc1ccnc(Cl)c1Br. The molecule has 0 amide bonds. The Labute approximate surface area is 380 Å². The first-order valence-corrected chi connectivity index (χ1v) is 20.8. The number of rotatable bonds is 11. The summed E-state index contributed by atoms with van der Waals surface area (Å²) in [6, 6.07) is 12.3. The fraction of sp³-hybridized carbons (Fsp3) is 0.289. The van der Waals surface area contributed by atoms with Crippen molar-refractivity contribution in [2.45, 2.75) is 54.5 Å². The molecular weight excluding hydrogens is 1030 g/mol. The average molecular weight is 1070 g/mol. The highest BCUT2D eigenvalue weighted by atomic mass is 79.9. The number of aromatic nitrogens is 6. The number of hydrogen-bond acceptors (Lipinski definition) is 13. The Balaban J connectivity index is 0.000000282. The van der Waals surface area contributed by atoms with E-state index in [1.54, 1.807) is 68.2 Å². The molecule has 0 aliphatic rings. The van der Waals surface area contributed by atoms with Crippen molar-refractivity contribution in [2.75, 3.05) is 19.8 Å². The number of carbonyl (C=O) groups is 5. The minimum Gasteiger partial charge on any atom is -0.461 e. The van der Waals surface area contributed by atoms with E-state index in [1.807, 2.05) is 26.0 Å². The molecule has 0 fully saturated rings. The van der Waals surface area contributed by atoms with Crippen molar-refractivity contribution in [1.29, 1.82) is 0 Å². The molecule has 5 aromatic rings. The van der Waals surface area contributed by atoms with Crippen LogP contribution in [-0.4, -0.2) is 78.8 Å². The van der Waals surface area contributed by atoms with Crippen molar-refractivity contribution in [3.8, 4) is 11.4 Å². The third-order valence-electron chi connectivity index (χ3n) is 6.96. The summed E-state index contributed by atoms with van der Waals surface area (Å²) in [5.41, 5.74) is 9.96. The maximum Gasteiger partial charge on any atom is 0.375 e. The number of hydrogen-bond donors (Lipinski definition) is 1. The number of halogens is 6. The highest BCUT2D eigenvalue weighted by Gasteiger charge is 2.20. The predicted octanol–water partition coefficient (Wildman–Crippen LogP) is 9.00. The van der Waals surface area contributed by atoms with Gasteiger partial charge in [-0.15, -0.1) is 0 Å². The van der Waals surface area contributed by atoms with Gasteiger partial charge in [0.2, 0.25) is 5.78 Å². The predicted molar refractivity (Wildman–Crippen MR) is 234 cm³/mol. The van der Waals surface area contributed by atoms with Crippen LogP contribution in [0.2, 0.25) is 15.3 Å². The van der Waals surface area contributed by atoms with Crippen LogP contribution in [0.15, 0.2) is 68.3 Å². The lowest BCUT2D eigenvalue weighted by Gasteiger charge is -2.09. The summed E-state index contributed by atoms with van der Waals surface area (Å²) in [4.78, 5) is 62.9. The standard InChI is InChI=1S/C13H12BrClN2O2.C12H11BrClN3O2.C7H10O4.C6H6BrClN2/c1-3-19-13(18)11-7-8(2)16-17(11)10-6-4-5-9(15)12(10)14;1-3-19-12(18)8-6-7(2)17(16-8)9-4-5-15-11(14)10(9)13;1-3-11-7(10)6(9)4-5(2)8;7-5-4(3-9)1-2-10-6(5)8/h4-7H,3H2,1-2H3;4-6H,3H2,1-2H3;3-4H2,1-2H3;1-2H,3,9H2. The Morgan fingerprint density at radius 3 is 1.88 bits per heavy atom. The van der Waals surface area contributed by atoms with E-state index in [4.69, 9.17) is 50.0 Å². The highest BCUT2D eigenvalue weighted by molar-refractivity contribution is 9.11. The first-order valence-electron chi connectivity index (χ1n) is 17.3. The van der Waals surface area contributed by atoms with Crippen LogP contribution in [0.25, 0.3) is 11.4 Å². The summed E-state index contributed by atoms with van der Waals surface area (Å²) < 4.78 is 19.6. The highest BCUT2D eigenvalue weighted by Crippen LogP contribution is 2.30. The number of nitrogens with two attached hydrogens (primary N) is 1. The van der Waals surface area contributed by atoms with E-state index in [0.29, 0.717) is 61.1 Å². The summed E-state index contributed by atoms with van der Waals surface area (Å²) >= 11 is 27.7. The summed E-state index contributed by atoms with van der Waals surface area (Å²) in [5.74, 6) is -2.89. The Morgan fingerprint density at radius 1 is 0.729 bits per heavy atom. The first-order chi connectivity index (χ1) is 27.9. The molecule has 0 radical (unpaired) electrons. The van der Waals surface area contributed by atoms with Gasteiger partial charge in [-0.1, -0.05) is 40.9 Å². The van der Waals surface area contributed by atoms with Gasteiger partial charge >= 0.3 is 17.9 Å². The molecule has 2 N–H and O–H groups in total. The smallest absolute Gasteiger partial charge is 0.375 e. The van der Waals surface area contributed by atoms with Gasteiger partial charge in [-0.05, 0) is 131 Å². The van der Waals surface area contributed by atoms with Gasteiger partial charge in [0.05, 0.1) is 61.8 Å². The molecule has 0 saturated carbocycles. The third-order valence-corrected chi connectivity index (χ3v) is 11.0. The van der Waals surface area contributed by atoms with Gasteiger partial charge in [0.1, 0.15) is 16.1 Å². The largest absolute Gasteiger partial charge is 0.461 e. The minimum absolute atomic E-state index is 0.155. The van der Waals surface area contributed by atoms with Crippen molar-refractivity contribution in [3.63, 3.8) is 0 Å². The van der Waals surface area contributed by atoms with E-state index in [-0.39, 0.29) is 24.5 Å². The van der Waals surface area contributed by atoms with Gasteiger partial charge in [-0.25, -0.2) is 33.7 Å². The fourth-order valence-electron chi connectivity index (χ4n) is 4.41. The summed E-state index contributed by atoms with van der Waals surface area (Å²) in [6.07, 6.45) is 2.85. The van der Waals surface area contributed by atoms with Gasteiger partial charge < -0.3 is 19.9 Å². The number of benzene rings is 1. The molecule has 0 bridgehead atoms. The molecule has 0 spiro atoms. The molecule has 316 valence electrons. The van der Waals surface area contributed by atoms with E-state index >= 15 is 0 Å². The van der Waals surface area contributed by atoms with Gasteiger partial charge in [0, 0.05) is 24.6 Å². The van der Waals surface area contributed by atoms with E-state index in [1.165, 1.54) is 11.6 Å². The van der Waals surface area contributed by atoms with Crippen LogP contribution in [0.4, 0.5) is 0 Å². The Bertz CT molecular complexity index is 2270. The second-order valence-electron chi connectivity index (χ2n) is 11.4. The van der Waals surface area contributed by atoms with Crippen LogP contribution in [-0.2, 0) is 35.1 Å². The maximum atomic E-state index is 11.9. The number of nitrogens with zero attached hydrogens (tertiary/aromatic N) is 6. The van der Waals surface area contributed by atoms with Gasteiger partial charge in [-0.3, -0.25) is 9.59 Å². The number of pyridine rings is 2. The zero-order valence-corrected chi connectivity index (χ0v) is 39.6. The average Bonchev–Trinajstić information content (AvgIpc) is 3.78. The lowest BCUT2D eigenvalue weighted by atomic mass is 10.2. The Hall–Kier alpha value is -4.04. The van der Waals surface area contributed by atoms with Gasteiger partial charge in [0.15, 0.2) is 11.4 Å². The van der Waals surface area contributed by atoms with Crippen LogP contribution in [0, 0.1) is 13.8 Å². The third kappa shape index (κ3) is 15.5. The molecule has 0 atom stereocenters. The number of ether oxygens (including phenoxy) is 3. The lowest BCUT2D eigenvalue weighted by Crippen LogP contribution is -2.19. The molecular formula is C38H39Br3Cl3N7O8. The molecule has 59 heavy (non-hydrogen) atoms. The Kier molecular flexibility index (Phi) is 22.1. The first kappa shape index (κ1) is 51.1. The van der Waals surface area contributed by atoms with Crippen molar-refractivity contribution in [1.82, 2.24) is 29.5 Å². The molecule has 5 rings (SSSR count). The summed E-state index contributed by atoms with van der Waals surface area (Å²) in [5, 5.41) is 9.89. The molecule has 15 nitrogen and oxygen atoms in total. The molecule has 0 aliphatic heterocycles. The Morgan fingerprint density at radius 2 is 1.31 bits per heavy atom. The molecule has 1 aromatic carbocycles. The zero-order valence-electron chi connectivity index (χ0n) is 32.5. The zero-order chi connectivity index (χ0) is 44.4. The van der Waals surface area contributed by atoms with Crippen LogP contribution in [0.5, 0.6) is 0 Å². The topological polar surface area (TPSA) is 200 Å². The summed E-state index contributed by atoms with van der Waals surface area (Å²) in [6.45, 7) is 11.3. The van der Waals surface area contributed by atoms with E-state index in [9.17, 15) is 24.0 Å². The van der Waals surface area contributed by atoms with Crippen molar-refractivity contribution >= 4 is 112 Å². The van der Waals surface area contributed by atoms with Crippen LogP contribution in [0.3, 0.4) is 0 Å². The van der Waals surface area contributed by atoms with Gasteiger partial charge in [0.25, 0.3) is 0 Å². The van der Waals surface area contributed by atoms with Crippen LogP contribution in [0.1, 0.15) is 72.0 Å². The fourth-order valence-corrected chi connectivity index (χ4v) is 6.14. The van der Waals surface area contributed by atoms with Crippen LogP contribution < -0.4 is 5.73 Å². The van der Waals surface area contributed by atoms with Crippen molar-refractivity contribution < 1.29 is 38.2 Å². The van der Waals surface area contributed by atoms with Crippen LogP contribution >= 0.6 is 82.6 Å². The van der Waals surface area contributed by atoms with Crippen molar-refractivity contribution in [2.24, 2.45) is 5.73 Å². The molecule has 4 heterocycles. The normalized spacial score (nSPS) is 10.1. The molecule has 0 aliphatic carbocycles. The van der Waals surface area contributed by atoms with Gasteiger partial charge in [-0.2, -0.15) is 10.2 Å². The number of ketones is 2. The van der Waals surface area contributed by atoms with E-state index in [2.05, 4.69) is 72.7 Å². The molecule has 4 aromatic heterocycles. The maximum absolute atomic E-state index is 11.9. The van der Waals surface area contributed by atoms with Crippen molar-refractivity contribution in [3.05, 3.63) is 112 Å². The van der Waals surface area contributed by atoms with E-state index < -0.39 is 23.7 Å². The lowest BCUT2D eigenvalue weighted by molar-refractivity contribution is -0.154. The number of carbonyl (C=O) groups excluding carboxylic acids is 5. The minimum atomic E-state index is -0.928.